The Labute approximate surface area is 136 Å². The maximum atomic E-state index is 14.3. The second kappa shape index (κ2) is 6.22. The molecule has 1 aromatic rings. The average molecular weight is 401 g/mol. The first-order chi connectivity index (χ1) is 9.33. The molecule has 0 aliphatic rings. The van der Waals surface area contributed by atoms with Crippen molar-refractivity contribution in [2.45, 2.75) is 25.7 Å². The van der Waals surface area contributed by atoms with Gasteiger partial charge in [0, 0.05) is 28.7 Å². The van der Waals surface area contributed by atoms with Crippen LogP contribution in [0.15, 0.2) is 21.5 Å². The number of carbonyl (C=O) groups excluding carboxylic acids is 1. The van der Waals surface area contributed by atoms with Gasteiger partial charge in [0.25, 0.3) is 15.0 Å². The van der Waals surface area contributed by atoms with Crippen molar-refractivity contribution in [2.24, 2.45) is 5.41 Å². The summed E-state index contributed by atoms with van der Waals surface area (Å²) in [6.45, 7) is 6.19. The van der Waals surface area contributed by atoms with E-state index < -0.39 is 25.7 Å². The molecule has 0 aliphatic heterocycles. The van der Waals surface area contributed by atoms with Crippen LogP contribution in [0.4, 0.5) is 4.39 Å². The fraction of sp³-hybridized carbons (Fsp3) is 0.462. The van der Waals surface area contributed by atoms with Gasteiger partial charge in [0.1, 0.15) is 4.90 Å². The van der Waals surface area contributed by atoms with E-state index in [1.165, 1.54) is 18.0 Å². The Morgan fingerprint density at radius 3 is 2.33 bits per heavy atom. The van der Waals surface area contributed by atoms with Gasteiger partial charge in [-0.05, 0) is 17.5 Å². The summed E-state index contributed by atoms with van der Waals surface area (Å²) in [6, 6.07) is 2.26. The van der Waals surface area contributed by atoms with Crippen LogP contribution in [0.5, 0.6) is 0 Å². The third-order valence-electron chi connectivity index (χ3n) is 2.56. The molecule has 118 valence electrons. The van der Waals surface area contributed by atoms with E-state index in [1.54, 1.807) is 0 Å². The Morgan fingerprint density at radius 2 is 1.90 bits per heavy atom. The first-order valence-electron chi connectivity index (χ1n) is 6.02. The van der Waals surface area contributed by atoms with Crippen LogP contribution in [-0.2, 0) is 9.05 Å². The van der Waals surface area contributed by atoms with Crippen molar-refractivity contribution < 1.29 is 17.6 Å². The zero-order chi connectivity index (χ0) is 16.6. The van der Waals surface area contributed by atoms with Gasteiger partial charge in [-0.3, -0.25) is 4.79 Å². The maximum absolute atomic E-state index is 14.3. The van der Waals surface area contributed by atoms with Crippen molar-refractivity contribution in [1.82, 2.24) is 4.90 Å². The van der Waals surface area contributed by atoms with Crippen LogP contribution < -0.4 is 0 Å². The van der Waals surface area contributed by atoms with Gasteiger partial charge < -0.3 is 4.90 Å². The third-order valence-corrected chi connectivity index (χ3v) is 4.33. The van der Waals surface area contributed by atoms with Gasteiger partial charge in [-0.2, -0.15) is 0 Å². The smallest absolute Gasteiger partial charge is 0.264 e. The van der Waals surface area contributed by atoms with Crippen LogP contribution in [-0.4, -0.2) is 32.8 Å². The summed E-state index contributed by atoms with van der Waals surface area (Å²) in [5.74, 6) is -1.75. The molecule has 4 nitrogen and oxygen atoms in total. The highest BCUT2D eigenvalue weighted by atomic mass is 79.9. The molecule has 0 bridgehead atoms. The summed E-state index contributed by atoms with van der Waals surface area (Å²) in [5, 5.41) is 0. The molecular formula is C13H16BrClFNO3S. The minimum Gasteiger partial charge on any atom is -0.341 e. The van der Waals surface area contributed by atoms with E-state index in [-0.39, 0.29) is 15.5 Å². The fourth-order valence-electron chi connectivity index (χ4n) is 1.89. The van der Waals surface area contributed by atoms with Gasteiger partial charge in [0.2, 0.25) is 0 Å². The Kier molecular flexibility index (Phi) is 5.45. The predicted octanol–water partition coefficient (Wildman–Crippen LogP) is 3.63. The fourth-order valence-corrected chi connectivity index (χ4v) is 3.42. The lowest BCUT2D eigenvalue weighted by atomic mass is 9.96. The normalized spacial score (nSPS) is 12.3. The zero-order valence-corrected chi connectivity index (χ0v) is 15.2. The molecule has 0 fully saturated rings. The number of benzene rings is 1. The number of nitrogens with zero attached hydrogens (tertiary/aromatic N) is 1. The topological polar surface area (TPSA) is 54.5 Å². The summed E-state index contributed by atoms with van der Waals surface area (Å²) in [7, 11) is 2.44. The van der Waals surface area contributed by atoms with Crippen molar-refractivity contribution in [3.05, 3.63) is 28.0 Å². The van der Waals surface area contributed by atoms with Gasteiger partial charge in [0.05, 0.1) is 5.56 Å². The molecular weight excluding hydrogens is 385 g/mol. The lowest BCUT2D eigenvalue weighted by Gasteiger charge is -2.27. The summed E-state index contributed by atoms with van der Waals surface area (Å²) in [5.41, 5.74) is -0.510. The van der Waals surface area contributed by atoms with Crippen LogP contribution in [0.3, 0.4) is 0 Å². The standard InChI is InChI=1S/C13H16BrClFNO3S/c1-13(2,3)7-17(4)12(18)9-5-8(14)6-10(11(9)16)21(15,19)20/h5-6H,7H2,1-4H3. The van der Waals surface area contributed by atoms with Crippen LogP contribution in [0, 0.1) is 11.2 Å². The molecule has 0 aromatic heterocycles. The number of rotatable bonds is 3. The van der Waals surface area contributed by atoms with Crippen LogP contribution in [0.25, 0.3) is 0 Å². The molecule has 0 aliphatic carbocycles. The Morgan fingerprint density at radius 1 is 1.38 bits per heavy atom. The molecule has 0 N–H and O–H groups in total. The van der Waals surface area contributed by atoms with Gasteiger partial charge in [-0.1, -0.05) is 36.7 Å². The molecule has 8 heteroatoms. The lowest BCUT2D eigenvalue weighted by Crippen LogP contribution is -2.35. The number of halogens is 3. The number of hydrogen-bond acceptors (Lipinski definition) is 3. The molecule has 1 aromatic carbocycles. The Bertz CT molecular complexity index is 671. The quantitative estimate of drug-likeness (QED) is 0.728. The van der Waals surface area contributed by atoms with E-state index >= 15 is 0 Å². The highest BCUT2D eigenvalue weighted by Crippen LogP contribution is 2.27. The Hall–Kier alpha value is -0.660. The molecule has 0 unspecified atom stereocenters. The largest absolute Gasteiger partial charge is 0.341 e. The van der Waals surface area contributed by atoms with E-state index in [1.807, 2.05) is 20.8 Å². The molecule has 0 atom stereocenters. The SMILES string of the molecule is CN(CC(C)(C)C)C(=O)c1cc(Br)cc(S(=O)(=O)Cl)c1F. The molecule has 0 spiro atoms. The molecule has 1 rings (SSSR count). The molecule has 0 heterocycles. The highest BCUT2D eigenvalue weighted by Gasteiger charge is 2.26. The minimum atomic E-state index is -4.28. The summed E-state index contributed by atoms with van der Waals surface area (Å²) < 4.78 is 37.2. The summed E-state index contributed by atoms with van der Waals surface area (Å²) >= 11 is 3.06. The zero-order valence-electron chi connectivity index (χ0n) is 12.1. The van der Waals surface area contributed by atoms with Crippen molar-refractivity contribution in [3.63, 3.8) is 0 Å². The van der Waals surface area contributed by atoms with Gasteiger partial charge in [-0.25, -0.2) is 12.8 Å². The number of carbonyl (C=O) groups is 1. The van der Waals surface area contributed by atoms with E-state index in [0.717, 1.165) is 6.07 Å². The van der Waals surface area contributed by atoms with Crippen molar-refractivity contribution >= 4 is 41.6 Å². The van der Waals surface area contributed by atoms with Gasteiger partial charge in [0.15, 0.2) is 5.82 Å². The molecule has 0 radical (unpaired) electrons. The van der Waals surface area contributed by atoms with Gasteiger partial charge in [-0.15, -0.1) is 0 Å². The second-order valence-electron chi connectivity index (χ2n) is 5.93. The third kappa shape index (κ3) is 4.93. The summed E-state index contributed by atoms with van der Waals surface area (Å²) in [6.07, 6.45) is 0. The van der Waals surface area contributed by atoms with Crippen LogP contribution >= 0.6 is 26.6 Å². The van der Waals surface area contributed by atoms with E-state index in [4.69, 9.17) is 10.7 Å². The van der Waals surface area contributed by atoms with Crippen molar-refractivity contribution in [3.8, 4) is 0 Å². The average Bonchev–Trinajstić information content (AvgIpc) is 2.27. The lowest BCUT2D eigenvalue weighted by molar-refractivity contribution is 0.0740. The summed E-state index contributed by atoms with van der Waals surface area (Å²) in [4.78, 5) is 12.9. The number of amides is 1. The molecule has 0 saturated heterocycles. The first-order valence-corrected chi connectivity index (χ1v) is 9.12. The van der Waals surface area contributed by atoms with Crippen molar-refractivity contribution in [2.75, 3.05) is 13.6 Å². The maximum Gasteiger partial charge on any atom is 0.264 e. The van der Waals surface area contributed by atoms with Gasteiger partial charge >= 0.3 is 0 Å². The Balaban J connectivity index is 3.32. The monoisotopic (exact) mass is 399 g/mol. The molecule has 0 saturated carbocycles. The molecule has 21 heavy (non-hydrogen) atoms. The van der Waals surface area contributed by atoms with Crippen LogP contribution in [0.1, 0.15) is 31.1 Å². The van der Waals surface area contributed by atoms with Crippen LogP contribution in [0.2, 0.25) is 0 Å². The van der Waals surface area contributed by atoms with E-state index in [9.17, 15) is 17.6 Å². The van der Waals surface area contributed by atoms with E-state index in [2.05, 4.69) is 15.9 Å². The predicted molar refractivity (Wildman–Crippen MR) is 83.6 cm³/mol. The van der Waals surface area contributed by atoms with E-state index in [0.29, 0.717) is 6.54 Å². The first kappa shape index (κ1) is 18.4. The highest BCUT2D eigenvalue weighted by molar-refractivity contribution is 9.10. The second-order valence-corrected chi connectivity index (χ2v) is 9.38. The van der Waals surface area contributed by atoms with Crippen molar-refractivity contribution in [1.29, 1.82) is 0 Å². The molecule has 1 amide bonds. The minimum absolute atomic E-state index is 0.172. The number of hydrogen-bond donors (Lipinski definition) is 0.